The third-order valence-electron chi connectivity index (χ3n) is 4.27. The summed E-state index contributed by atoms with van der Waals surface area (Å²) in [5.41, 5.74) is 1.69. The third kappa shape index (κ3) is 3.28. The summed E-state index contributed by atoms with van der Waals surface area (Å²) in [5, 5.41) is 0. The number of fused-ring (bicyclic) bond motifs is 1. The van der Waals surface area contributed by atoms with Crippen molar-refractivity contribution < 1.29 is 9.18 Å². The molecule has 130 valence electrons. The molecule has 0 aliphatic rings. The summed E-state index contributed by atoms with van der Waals surface area (Å²) in [4.78, 5) is 31.2. The van der Waals surface area contributed by atoms with E-state index in [1.54, 1.807) is 44.1 Å². The van der Waals surface area contributed by atoms with Gasteiger partial charge in [0, 0.05) is 19.7 Å². The van der Waals surface area contributed by atoms with Crippen LogP contribution in [0.5, 0.6) is 0 Å². The van der Waals surface area contributed by atoms with E-state index in [9.17, 15) is 9.18 Å². The summed E-state index contributed by atoms with van der Waals surface area (Å²) in [6.45, 7) is 1.90. The van der Waals surface area contributed by atoms with Crippen molar-refractivity contribution in [1.29, 1.82) is 0 Å². The number of aromatic amines is 1. The zero-order valence-electron chi connectivity index (χ0n) is 14.3. The standard InChI is InChI=1S/C17H19FN6O/c1-11(12-6-4-5-7-13(12)18)24(3)14(25)8-23(2)17-15-16(20-9-19-15)21-10-22-17/h4-7,9-11H,8H2,1-3H3,(H,19,20,21,22). The maximum absolute atomic E-state index is 14.0. The number of imidazole rings is 1. The molecule has 1 amide bonds. The lowest BCUT2D eigenvalue weighted by atomic mass is 10.1. The number of nitrogens with zero attached hydrogens (tertiary/aromatic N) is 5. The minimum absolute atomic E-state index is 0.0976. The van der Waals surface area contributed by atoms with Crippen molar-refractivity contribution in [1.82, 2.24) is 24.8 Å². The highest BCUT2D eigenvalue weighted by Gasteiger charge is 2.22. The van der Waals surface area contributed by atoms with Crippen LogP contribution < -0.4 is 4.90 Å². The molecule has 2 aromatic heterocycles. The van der Waals surface area contributed by atoms with Crippen LogP contribution in [-0.2, 0) is 4.79 Å². The van der Waals surface area contributed by atoms with Crippen LogP contribution >= 0.6 is 0 Å². The SMILES string of the molecule is CC(c1ccccc1F)N(C)C(=O)CN(C)c1ncnc2nc[nH]c12. The molecule has 7 nitrogen and oxygen atoms in total. The fourth-order valence-electron chi connectivity index (χ4n) is 2.67. The number of likely N-dealkylation sites (N-methyl/N-ethyl adjacent to an activating group) is 2. The van der Waals surface area contributed by atoms with Gasteiger partial charge in [-0.2, -0.15) is 0 Å². The van der Waals surface area contributed by atoms with Crippen LogP contribution in [0.3, 0.4) is 0 Å². The Morgan fingerprint density at radius 2 is 2.00 bits per heavy atom. The number of rotatable bonds is 5. The maximum Gasteiger partial charge on any atom is 0.242 e. The van der Waals surface area contributed by atoms with Gasteiger partial charge in [0.05, 0.1) is 18.9 Å². The number of carbonyl (C=O) groups excluding carboxylic acids is 1. The Hall–Kier alpha value is -3.03. The number of halogens is 1. The number of aromatic nitrogens is 4. The molecule has 0 saturated heterocycles. The molecule has 2 heterocycles. The minimum atomic E-state index is -0.375. The molecule has 0 aliphatic carbocycles. The van der Waals surface area contributed by atoms with Crippen LogP contribution in [0.2, 0.25) is 0 Å². The molecule has 0 saturated carbocycles. The summed E-state index contributed by atoms with van der Waals surface area (Å²) in [7, 11) is 3.43. The van der Waals surface area contributed by atoms with E-state index in [4.69, 9.17) is 0 Å². The summed E-state index contributed by atoms with van der Waals surface area (Å²) >= 11 is 0. The van der Waals surface area contributed by atoms with Gasteiger partial charge in [-0.15, -0.1) is 0 Å². The van der Waals surface area contributed by atoms with E-state index in [2.05, 4.69) is 19.9 Å². The van der Waals surface area contributed by atoms with Crippen LogP contribution in [0.15, 0.2) is 36.9 Å². The second-order valence-electron chi connectivity index (χ2n) is 5.86. The Bertz CT molecular complexity index is 895. The second-order valence-corrected chi connectivity index (χ2v) is 5.86. The first kappa shape index (κ1) is 16.8. The summed E-state index contributed by atoms with van der Waals surface area (Å²) in [6, 6.07) is 6.10. The lowest BCUT2D eigenvalue weighted by Gasteiger charge is -2.28. The predicted octanol–water partition coefficient (Wildman–Crippen LogP) is 2.15. The van der Waals surface area contributed by atoms with E-state index in [1.165, 1.54) is 23.6 Å². The third-order valence-corrected chi connectivity index (χ3v) is 4.27. The topological polar surface area (TPSA) is 78.0 Å². The number of anilines is 1. The molecule has 1 N–H and O–H groups in total. The average molecular weight is 342 g/mol. The van der Waals surface area contributed by atoms with E-state index in [0.717, 1.165) is 0 Å². The lowest BCUT2D eigenvalue weighted by Crippen LogP contribution is -2.38. The van der Waals surface area contributed by atoms with Crippen molar-refractivity contribution >= 4 is 22.9 Å². The molecule has 0 bridgehead atoms. The zero-order chi connectivity index (χ0) is 18.0. The Balaban J connectivity index is 1.75. The minimum Gasteiger partial charge on any atom is -0.348 e. The van der Waals surface area contributed by atoms with Gasteiger partial charge in [-0.3, -0.25) is 4.79 Å². The number of hydrogen-bond acceptors (Lipinski definition) is 5. The van der Waals surface area contributed by atoms with Gasteiger partial charge in [-0.1, -0.05) is 18.2 Å². The molecular formula is C17H19FN6O. The maximum atomic E-state index is 14.0. The molecule has 8 heteroatoms. The summed E-state index contributed by atoms with van der Waals surface area (Å²) in [5.74, 6) is 0.116. The van der Waals surface area contributed by atoms with Crippen LogP contribution in [-0.4, -0.2) is 51.4 Å². The van der Waals surface area contributed by atoms with Crippen LogP contribution in [0, 0.1) is 5.82 Å². The molecule has 3 aromatic rings. The van der Waals surface area contributed by atoms with E-state index >= 15 is 0 Å². The zero-order valence-corrected chi connectivity index (χ0v) is 14.3. The second kappa shape index (κ2) is 6.84. The van der Waals surface area contributed by atoms with E-state index in [-0.39, 0.29) is 24.3 Å². The number of H-pyrrole nitrogens is 1. The van der Waals surface area contributed by atoms with Crippen molar-refractivity contribution in [3.8, 4) is 0 Å². The van der Waals surface area contributed by atoms with Gasteiger partial charge in [0.25, 0.3) is 0 Å². The number of nitrogens with one attached hydrogen (secondary N) is 1. The smallest absolute Gasteiger partial charge is 0.242 e. The van der Waals surface area contributed by atoms with Gasteiger partial charge >= 0.3 is 0 Å². The first-order chi connectivity index (χ1) is 12.0. The molecule has 0 spiro atoms. The van der Waals surface area contributed by atoms with E-state index < -0.39 is 0 Å². The van der Waals surface area contributed by atoms with Crippen LogP contribution in [0.25, 0.3) is 11.2 Å². The monoisotopic (exact) mass is 342 g/mol. The fourth-order valence-corrected chi connectivity index (χ4v) is 2.67. The van der Waals surface area contributed by atoms with Crippen molar-refractivity contribution in [2.45, 2.75) is 13.0 Å². The molecule has 1 atom stereocenters. The Morgan fingerprint density at radius 3 is 2.76 bits per heavy atom. The van der Waals surface area contributed by atoms with Gasteiger partial charge in [0.2, 0.25) is 5.91 Å². The molecule has 1 unspecified atom stereocenters. The van der Waals surface area contributed by atoms with E-state index in [1.807, 2.05) is 0 Å². The Kier molecular flexibility index (Phi) is 4.60. The van der Waals surface area contributed by atoms with Crippen molar-refractivity contribution in [3.63, 3.8) is 0 Å². The van der Waals surface area contributed by atoms with Gasteiger partial charge in [-0.05, 0) is 13.0 Å². The van der Waals surface area contributed by atoms with Gasteiger partial charge in [-0.25, -0.2) is 19.3 Å². The quantitative estimate of drug-likeness (QED) is 0.769. The molecular weight excluding hydrogens is 323 g/mol. The average Bonchev–Trinajstić information content (AvgIpc) is 3.09. The summed E-state index contributed by atoms with van der Waals surface area (Å²) < 4.78 is 14.0. The van der Waals surface area contributed by atoms with Gasteiger partial charge in [0.1, 0.15) is 17.7 Å². The lowest BCUT2D eigenvalue weighted by molar-refractivity contribution is -0.130. The molecule has 0 fully saturated rings. The Morgan fingerprint density at radius 1 is 1.24 bits per heavy atom. The van der Waals surface area contributed by atoms with Gasteiger partial charge < -0.3 is 14.8 Å². The van der Waals surface area contributed by atoms with Crippen molar-refractivity contribution in [3.05, 3.63) is 48.3 Å². The molecule has 1 aromatic carbocycles. The fraction of sp³-hybridized carbons (Fsp3) is 0.294. The largest absolute Gasteiger partial charge is 0.348 e. The van der Waals surface area contributed by atoms with Crippen molar-refractivity contribution in [2.75, 3.05) is 25.5 Å². The highest BCUT2D eigenvalue weighted by Crippen LogP contribution is 2.23. The highest BCUT2D eigenvalue weighted by molar-refractivity contribution is 5.87. The first-order valence-electron chi connectivity index (χ1n) is 7.84. The first-order valence-corrected chi connectivity index (χ1v) is 7.84. The van der Waals surface area contributed by atoms with E-state index in [0.29, 0.717) is 22.5 Å². The Labute approximate surface area is 144 Å². The molecule has 25 heavy (non-hydrogen) atoms. The molecule has 3 rings (SSSR count). The number of amides is 1. The number of hydrogen-bond donors (Lipinski definition) is 1. The summed E-state index contributed by atoms with van der Waals surface area (Å²) in [6.07, 6.45) is 2.94. The number of carbonyl (C=O) groups is 1. The van der Waals surface area contributed by atoms with Crippen molar-refractivity contribution in [2.24, 2.45) is 0 Å². The molecule has 0 radical (unpaired) electrons. The molecule has 0 aliphatic heterocycles. The highest BCUT2D eigenvalue weighted by atomic mass is 19.1. The number of benzene rings is 1. The predicted molar refractivity (Wildman–Crippen MR) is 92.5 cm³/mol. The van der Waals surface area contributed by atoms with Gasteiger partial charge in [0.15, 0.2) is 11.5 Å². The van der Waals surface area contributed by atoms with Crippen LogP contribution in [0.1, 0.15) is 18.5 Å². The van der Waals surface area contributed by atoms with Crippen LogP contribution in [0.4, 0.5) is 10.2 Å². The normalized spacial score (nSPS) is 12.2.